The summed E-state index contributed by atoms with van der Waals surface area (Å²) in [5.74, 6) is 0.767. The van der Waals surface area contributed by atoms with E-state index in [1.807, 2.05) is 6.20 Å². The molecule has 0 aromatic carbocycles. The number of nitrogens with zero attached hydrogens (tertiary/aromatic N) is 2. The standard InChI is InChI=1S/C13H18N3O2.HI.Po/c1-9-5-15-10(2)13(17)12(9)7-16-18-8-11-3-4-14-6-11;;/h5,7,11,14,17H,1,3-4,6,8H2,2H3;1H;/q;;+1/p-1/b16-7+;;/t11-;;/m0../s1. The maximum atomic E-state index is 10.1. The normalized spacial score (nSPS) is 18.8. The number of oxime groups is 1. The first kappa shape index (κ1) is 16.4. The van der Waals surface area contributed by atoms with E-state index in [1.165, 1.54) is 0 Å². The number of rotatable bonds is 6. The Hall–Kier alpha value is 0.00610. The topological polar surface area (TPSA) is 66.7 Å². The fraction of sp³-hybridized carbons (Fsp3) is 0.538. The molecule has 110 valence electrons. The van der Waals surface area contributed by atoms with Crippen LogP contribution in [-0.2, 0) is 8.92 Å². The maximum absolute atomic E-state index is 10.1. The Bertz CT molecular complexity index is 479. The second-order valence-corrected chi connectivity index (χ2v) is 12.2. The van der Waals surface area contributed by atoms with Gasteiger partial charge in [0.25, 0.3) is 0 Å². The van der Waals surface area contributed by atoms with E-state index in [4.69, 9.17) is 4.84 Å². The number of aryl methyl sites for hydroxylation is 1. The molecule has 1 aromatic rings. The van der Waals surface area contributed by atoms with Crippen molar-refractivity contribution < 1.29 is 9.94 Å². The number of pyridine rings is 1. The summed E-state index contributed by atoms with van der Waals surface area (Å²) in [6.45, 7) is 4.49. The van der Waals surface area contributed by atoms with Crippen LogP contribution in [0.3, 0.4) is 0 Å². The molecule has 0 saturated carbocycles. The Morgan fingerprint density at radius 1 is 1.70 bits per heavy atom. The molecule has 1 aliphatic rings. The second kappa shape index (κ2) is 8.45. The number of nitrogens with one attached hydrogen (secondary N) is 1. The molecule has 7 heteroatoms. The van der Waals surface area contributed by atoms with Crippen LogP contribution in [-0.4, -0.2) is 55.3 Å². The molecule has 0 spiro atoms. The SMILES string of the molecule is Cc1ncc([CH2][Po][I])c(/C=N/OC[C@H]2CCNC2)c1O. The van der Waals surface area contributed by atoms with Crippen LogP contribution in [0.1, 0.15) is 23.2 Å². The fourth-order valence-electron chi connectivity index (χ4n) is 2.07. The Kier molecular flexibility index (Phi) is 6.92. The summed E-state index contributed by atoms with van der Waals surface area (Å²) in [5, 5.41) is 17.4. The van der Waals surface area contributed by atoms with Gasteiger partial charge in [0.2, 0.25) is 0 Å². The molecule has 2 rings (SSSR count). The van der Waals surface area contributed by atoms with Crippen LogP contribution in [0.4, 0.5) is 0 Å². The molecule has 5 nitrogen and oxygen atoms in total. The Labute approximate surface area is 140 Å². The molecule has 0 amide bonds. The molecule has 1 saturated heterocycles. The van der Waals surface area contributed by atoms with Crippen molar-refractivity contribution in [2.45, 2.75) is 17.4 Å². The van der Waals surface area contributed by atoms with E-state index in [0.29, 0.717) is 18.2 Å². The molecule has 20 heavy (non-hydrogen) atoms. The average molecular weight is 584 g/mol. The molecule has 1 aromatic heterocycles. The first-order valence-corrected chi connectivity index (χ1v) is 17.7. The number of aromatic hydroxyl groups is 1. The summed E-state index contributed by atoms with van der Waals surface area (Å²) in [4.78, 5) is 9.57. The molecule has 1 atom stereocenters. The predicted molar refractivity (Wildman–Crippen MR) is 88.6 cm³/mol. The summed E-state index contributed by atoms with van der Waals surface area (Å²) in [5.41, 5.74) is 2.47. The molecule has 1 fully saturated rings. The molecular formula is C13H18IN3O2Po. The third-order valence-electron chi connectivity index (χ3n) is 3.30. The van der Waals surface area contributed by atoms with Gasteiger partial charge in [-0.25, -0.2) is 0 Å². The predicted octanol–water partition coefficient (Wildman–Crippen LogP) is 1.61. The van der Waals surface area contributed by atoms with Gasteiger partial charge in [-0.05, 0) is 0 Å². The number of hydrogen-bond donors (Lipinski definition) is 2. The van der Waals surface area contributed by atoms with Crippen molar-refractivity contribution in [3.05, 3.63) is 23.0 Å². The van der Waals surface area contributed by atoms with Crippen molar-refractivity contribution >= 4 is 43.5 Å². The second-order valence-electron chi connectivity index (χ2n) is 4.77. The van der Waals surface area contributed by atoms with E-state index in [2.05, 4.69) is 33.4 Å². The van der Waals surface area contributed by atoms with Gasteiger partial charge in [-0.15, -0.1) is 0 Å². The van der Waals surface area contributed by atoms with E-state index in [0.717, 1.165) is 34.7 Å². The first-order valence-electron chi connectivity index (χ1n) is 6.49. The van der Waals surface area contributed by atoms with Crippen molar-refractivity contribution in [1.29, 1.82) is 0 Å². The van der Waals surface area contributed by atoms with Gasteiger partial charge in [0, 0.05) is 0 Å². The van der Waals surface area contributed by atoms with Crippen LogP contribution in [0.5, 0.6) is 5.75 Å². The van der Waals surface area contributed by atoms with Crippen LogP contribution in [0.25, 0.3) is 0 Å². The van der Waals surface area contributed by atoms with Crippen LogP contribution >= 0.6 is 18.0 Å². The zero-order valence-corrected chi connectivity index (χ0v) is 16.6. The van der Waals surface area contributed by atoms with Crippen molar-refractivity contribution in [3.8, 4) is 5.75 Å². The number of hydrogen-bond acceptors (Lipinski definition) is 5. The van der Waals surface area contributed by atoms with Gasteiger partial charge in [0.1, 0.15) is 0 Å². The van der Waals surface area contributed by atoms with Crippen molar-refractivity contribution in [2.24, 2.45) is 11.1 Å². The monoisotopic (exact) mass is 584 g/mol. The Morgan fingerprint density at radius 3 is 3.25 bits per heavy atom. The van der Waals surface area contributed by atoms with E-state index >= 15 is 0 Å². The third kappa shape index (κ3) is 4.50. The number of halogens is 1. The van der Waals surface area contributed by atoms with E-state index < -0.39 is 19.3 Å². The zero-order chi connectivity index (χ0) is 14.4. The zero-order valence-electron chi connectivity index (χ0n) is 11.3. The van der Waals surface area contributed by atoms with Gasteiger partial charge in [-0.3, -0.25) is 0 Å². The van der Waals surface area contributed by atoms with Crippen molar-refractivity contribution in [1.82, 2.24) is 10.3 Å². The van der Waals surface area contributed by atoms with Crippen molar-refractivity contribution in [3.63, 3.8) is 0 Å². The molecule has 0 aliphatic carbocycles. The van der Waals surface area contributed by atoms with Crippen LogP contribution in [0, 0.1) is 12.8 Å². The molecule has 0 unspecified atom stereocenters. The van der Waals surface area contributed by atoms with E-state index in [9.17, 15) is 5.11 Å². The van der Waals surface area contributed by atoms with E-state index in [1.54, 1.807) is 13.1 Å². The van der Waals surface area contributed by atoms with Crippen molar-refractivity contribution in [2.75, 3.05) is 19.7 Å². The van der Waals surface area contributed by atoms with Gasteiger partial charge in [0.05, 0.1) is 0 Å². The quantitative estimate of drug-likeness (QED) is 0.303. The molecular weight excluding hydrogens is 566 g/mol. The molecule has 2 N–H and O–H groups in total. The summed E-state index contributed by atoms with van der Waals surface area (Å²) in [6.07, 6.45) is 4.62. The van der Waals surface area contributed by atoms with Crippen LogP contribution in [0.15, 0.2) is 11.4 Å². The van der Waals surface area contributed by atoms with Crippen LogP contribution < -0.4 is 5.32 Å². The fourth-order valence-corrected chi connectivity index (χ4v) is 6.36. The number of aromatic nitrogens is 1. The first-order chi connectivity index (χ1) is 9.72. The Balaban J connectivity index is 2.00. The minimum atomic E-state index is -0.394. The third-order valence-corrected chi connectivity index (χ3v) is 7.66. The van der Waals surface area contributed by atoms with Gasteiger partial charge in [0.15, 0.2) is 0 Å². The summed E-state index contributed by atoms with van der Waals surface area (Å²) in [6, 6.07) is 0. The van der Waals surface area contributed by atoms with Gasteiger partial charge in [-0.2, -0.15) is 0 Å². The van der Waals surface area contributed by atoms with Gasteiger partial charge >= 0.3 is 141 Å². The summed E-state index contributed by atoms with van der Waals surface area (Å²) >= 11 is 2.08. The van der Waals surface area contributed by atoms with Gasteiger partial charge in [-0.1, -0.05) is 0 Å². The van der Waals surface area contributed by atoms with Gasteiger partial charge < -0.3 is 0 Å². The Morgan fingerprint density at radius 2 is 2.55 bits per heavy atom. The molecule has 2 heterocycles. The molecule has 0 bridgehead atoms. The molecule has 0 radical (unpaired) electrons. The van der Waals surface area contributed by atoms with Crippen LogP contribution in [0.2, 0.25) is 0 Å². The van der Waals surface area contributed by atoms with E-state index in [-0.39, 0.29) is 5.75 Å². The summed E-state index contributed by atoms with van der Waals surface area (Å²) in [7, 11) is 0. The molecule has 1 aliphatic heterocycles. The summed E-state index contributed by atoms with van der Waals surface area (Å²) < 4.78 is 1.02. The average Bonchev–Trinajstić information content (AvgIpc) is 2.95. The minimum absolute atomic E-state index is 0.223.